The van der Waals surface area contributed by atoms with Crippen molar-refractivity contribution in [3.63, 3.8) is 0 Å². The molecule has 0 aliphatic carbocycles. The van der Waals surface area contributed by atoms with Crippen LogP contribution in [0.2, 0.25) is 0 Å². The van der Waals surface area contributed by atoms with Gasteiger partial charge in [-0.15, -0.1) is 0 Å². The van der Waals surface area contributed by atoms with Gasteiger partial charge in [0.1, 0.15) is 22.9 Å². The fraction of sp³-hybridized carbons (Fsp3) is 0.118. The Kier molecular flexibility index (Phi) is 5.22. The molecule has 0 atom stereocenters. The first kappa shape index (κ1) is 16.9. The molecule has 25 heavy (non-hydrogen) atoms. The molecule has 0 bridgehead atoms. The molecular formula is C17H15N3O4S. The minimum absolute atomic E-state index is 0.0237. The first-order valence-electron chi connectivity index (χ1n) is 7.48. The molecular weight excluding hydrogens is 342 g/mol. The van der Waals surface area contributed by atoms with Crippen LogP contribution < -0.4 is 15.5 Å². The quantitative estimate of drug-likeness (QED) is 0.354. The van der Waals surface area contributed by atoms with Crippen molar-refractivity contribution < 1.29 is 19.2 Å². The number of oxazole rings is 1. The first-order chi connectivity index (χ1) is 12.2. The number of ether oxygens (including phenoxy) is 1. The summed E-state index contributed by atoms with van der Waals surface area (Å²) in [6.07, 6.45) is 0. The number of carbonyl (C=O) groups excluding carboxylic acids is 1. The highest BCUT2D eigenvalue weighted by Crippen LogP contribution is 2.14. The number of rotatable bonds is 6. The molecule has 0 aliphatic heterocycles. The van der Waals surface area contributed by atoms with E-state index in [1.807, 2.05) is 17.6 Å². The van der Waals surface area contributed by atoms with E-state index in [1.165, 1.54) is 0 Å². The first-order valence-corrected chi connectivity index (χ1v) is 7.89. The molecule has 0 fully saturated rings. The van der Waals surface area contributed by atoms with Crippen molar-refractivity contribution in [2.45, 2.75) is 0 Å². The minimum Gasteiger partial charge on any atom is -0.492 e. The second-order valence-corrected chi connectivity index (χ2v) is 5.46. The van der Waals surface area contributed by atoms with Gasteiger partial charge in [-0.25, -0.2) is 4.98 Å². The highest BCUT2D eigenvalue weighted by Gasteiger charge is 2.13. The van der Waals surface area contributed by atoms with Gasteiger partial charge in [-0.2, -0.15) is 0 Å². The lowest BCUT2D eigenvalue weighted by molar-refractivity contribution is 0.0914. The van der Waals surface area contributed by atoms with Gasteiger partial charge in [0.15, 0.2) is 5.58 Å². The molecule has 3 N–H and O–H groups in total. The van der Waals surface area contributed by atoms with Crippen LogP contribution in [0.5, 0.6) is 5.75 Å². The zero-order valence-corrected chi connectivity index (χ0v) is 13.9. The monoisotopic (exact) mass is 357 g/mol. The van der Waals surface area contributed by atoms with E-state index in [1.54, 1.807) is 36.4 Å². The summed E-state index contributed by atoms with van der Waals surface area (Å²) in [6.45, 7) is 0.587. The van der Waals surface area contributed by atoms with Crippen molar-refractivity contribution >= 4 is 34.2 Å². The van der Waals surface area contributed by atoms with Gasteiger partial charge in [-0.3, -0.25) is 15.5 Å². The summed E-state index contributed by atoms with van der Waals surface area (Å²) in [5, 5.41) is 11.4. The Morgan fingerprint density at radius 1 is 1.20 bits per heavy atom. The summed E-state index contributed by atoms with van der Waals surface area (Å²) >= 11 is 4.91. The van der Waals surface area contributed by atoms with Crippen LogP contribution >= 0.6 is 12.2 Å². The predicted molar refractivity (Wildman–Crippen MR) is 94.9 cm³/mol. The van der Waals surface area contributed by atoms with Crippen LogP contribution in [0, 0.1) is 0 Å². The van der Waals surface area contributed by atoms with Gasteiger partial charge in [0.25, 0.3) is 5.89 Å². The Morgan fingerprint density at radius 2 is 1.96 bits per heavy atom. The molecule has 0 unspecified atom stereocenters. The van der Waals surface area contributed by atoms with E-state index in [9.17, 15) is 4.79 Å². The van der Waals surface area contributed by atoms with Crippen molar-refractivity contribution in [3.8, 4) is 5.75 Å². The predicted octanol–water partition coefficient (Wildman–Crippen LogP) is 2.29. The van der Waals surface area contributed by atoms with Crippen LogP contribution in [0.3, 0.4) is 0 Å². The number of nitrogens with zero attached hydrogens (tertiary/aromatic N) is 1. The molecule has 1 amide bonds. The van der Waals surface area contributed by atoms with Gasteiger partial charge in [0, 0.05) is 5.56 Å². The lowest BCUT2D eigenvalue weighted by Crippen LogP contribution is -2.28. The van der Waals surface area contributed by atoms with Gasteiger partial charge in [0.2, 0.25) is 0 Å². The summed E-state index contributed by atoms with van der Waals surface area (Å²) in [5.41, 5.74) is 3.80. The third-order valence-corrected chi connectivity index (χ3v) is 3.69. The van der Waals surface area contributed by atoms with Crippen LogP contribution in [-0.2, 0) is 0 Å². The third kappa shape index (κ3) is 4.11. The number of hydrogen-bond donors (Lipinski definition) is 3. The Morgan fingerprint density at radius 3 is 2.68 bits per heavy atom. The van der Waals surface area contributed by atoms with Gasteiger partial charge in [-0.05, 0) is 36.4 Å². The Balaban J connectivity index is 1.47. The highest BCUT2D eigenvalue weighted by molar-refractivity contribution is 7.80. The third-order valence-electron chi connectivity index (χ3n) is 3.36. The fourth-order valence-corrected chi connectivity index (χ4v) is 2.28. The van der Waals surface area contributed by atoms with Crippen LogP contribution in [0.4, 0.5) is 0 Å². The van der Waals surface area contributed by atoms with Crippen LogP contribution in [-0.4, -0.2) is 34.2 Å². The van der Waals surface area contributed by atoms with Gasteiger partial charge < -0.3 is 14.5 Å². The molecule has 0 saturated carbocycles. The number of aromatic nitrogens is 1. The highest BCUT2D eigenvalue weighted by atomic mass is 32.1. The molecule has 2 aromatic carbocycles. The van der Waals surface area contributed by atoms with E-state index in [0.717, 1.165) is 0 Å². The zero-order chi connectivity index (χ0) is 17.6. The largest absolute Gasteiger partial charge is 0.492 e. The summed E-state index contributed by atoms with van der Waals surface area (Å²) in [6, 6.07) is 14.1. The standard InChI is InChI=1S/C17H15N3O4S/c21-15(16-19-13-3-1-2-4-14(13)24-16)18-9-10-23-12-7-5-11(6-8-12)17(25)20-22/h1-8,22H,9-10H2,(H,18,21)(H,20,25). The Bertz CT molecular complexity index is 859. The Hall–Kier alpha value is -2.97. The number of para-hydroxylation sites is 2. The van der Waals surface area contributed by atoms with E-state index in [0.29, 0.717) is 29.0 Å². The molecule has 7 nitrogen and oxygen atoms in total. The average Bonchev–Trinajstić information content (AvgIpc) is 3.09. The summed E-state index contributed by atoms with van der Waals surface area (Å²) in [7, 11) is 0. The number of amides is 1. The van der Waals surface area contributed by atoms with Gasteiger partial charge >= 0.3 is 5.91 Å². The molecule has 1 heterocycles. The molecule has 0 radical (unpaired) electrons. The smallest absolute Gasteiger partial charge is 0.307 e. The number of benzene rings is 2. The molecule has 8 heteroatoms. The minimum atomic E-state index is -0.394. The van der Waals surface area contributed by atoms with Crippen molar-refractivity contribution in [3.05, 3.63) is 60.0 Å². The van der Waals surface area contributed by atoms with Gasteiger partial charge in [-0.1, -0.05) is 24.4 Å². The second-order valence-electron chi connectivity index (χ2n) is 5.06. The summed E-state index contributed by atoms with van der Waals surface area (Å²) in [4.78, 5) is 16.4. The number of carbonyl (C=O) groups is 1. The molecule has 3 rings (SSSR count). The van der Waals surface area contributed by atoms with E-state index in [2.05, 4.69) is 10.3 Å². The molecule has 0 aliphatic rings. The van der Waals surface area contributed by atoms with E-state index < -0.39 is 5.91 Å². The van der Waals surface area contributed by atoms with E-state index in [4.69, 9.17) is 26.6 Å². The Labute approximate surface area is 148 Å². The van der Waals surface area contributed by atoms with Crippen LogP contribution in [0.15, 0.2) is 52.9 Å². The SMILES string of the molecule is O=C(NCCOc1ccc(C(=S)NO)cc1)c1nc2ccccc2o1. The molecule has 0 spiro atoms. The summed E-state index contributed by atoms with van der Waals surface area (Å²) < 4.78 is 10.9. The lowest BCUT2D eigenvalue weighted by atomic mass is 10.2. The maximum atomic E-state index is 12.0. The van der Waals surface area contributed by atoms with Gasteiger partial charge in [0.05, 0.1) is 6.54 Å². The zero-order valence-electron chi connectivity index (χ0n) is 13.1. The number of hydrogen-bond acceptors (Lipinski definition) is 6. The normalized spacial score (nSPS) is 10.4. The van der Waals surface area contributed by atoms with E-state index in [-0.39, 0.29) is 17.5 Å². The molecule has 1 aromatic heterocycles. The van der Waals surface area contributed by atoms with Crippen molar-refractivity contribution in [2.24, 2.45) is 0 Å². The molecule has 128 valence electrons. The van der Waals surface area contributed by atoms with E-state index >= 15 is 0 Å². The maximum absolute atomic E-state index is 12.0. The van der Waals surface area contributed by atoms with Crippen molar-refractivity contribution in [2.75, 3.05) is 13.2 Å². The number of thiocarbonyl (C=S) groups is 1. The molecule has 0 saturated heterocycles. The lowest BCUT2D eigenvalue weighted by Gasteiger charge is -2.08. The number of nitrogens with one attached hydrogen (secondary N) is 2. The number of fused-ring (bicyclic) bond motifs is 1. The second kappa shape index (κ2) is 7.73. The van der Waals surface area contributed by atoms with Crippen molar-refractivity contribution in [1.29, 1.82) is 0 Å². The van der Waals surface area contributed by atoms with Crippen molar-refractivity contribution in [1.82, 2.24) is 15.8 Å². The fourth-order valence-electron chi connectivity index (χ4n) is 2.15. The van der Waals surface area contributed by atoms with Crippen LogP contribution in [0.25, 0.3) is 11.1 Å². The average molecular weight is 357 g/mol. The molecule has 3 aromatic rings. The summed E-state index contributed by atoms with van der Waals surface area (Å²) in [5.74, 6) is 0.255. The topological polar surface area (TPSA) is 96.6 Å². The van der Waals surface area contributed by atoms with Crippen LogP contribution in [0.1, 0.15) is 16.2 Å². The maximum Gasteiger partial charge on any atom is 0.307 e. The number of hydroxylamine groups is 1.